The third-order valence-electron chi connectivity index (χ3n) is 3.64. The second-order valence-electron chi connectivity index (χ2n) is 5.06. The Morgan fingerprint density at radius 2 is 2.05 bits per heavy atom. The van der Waals surface area contributed by atoms with Crippen LogP contribution in [-0.4, -0.2) is 43.6 Å². The van der Waals surface area contributed by atoms with Gasteiger partial charge < -0.3 is 13.9 Å². The van der Waals surface area contributed by atoms with E-state index in [0.29, 0.717) is 13.2 Å². The summed E-state index contributed by atoms with van der Waals surface area (Å²) in [5.41, 5.74) is 0. The van der Waals surface area contributed by atoms with Gasteiger partial charge in [-0.15, -0.1) is 0 Å². The van der Waals surface area contributed by atoms with Crippen molar-refractivity contribution in [3.8, 4) is 0 Å². The van der Waals surface area contributed by atoms with Crippen LogP contribution in [0.1, 0.15) is 36.1 Å². The van der Waals surface area contributed by atoms with E-state index in [1.54, 1.807) is 12.1 Å². The zero-order chi connectivity index (χ0) is 15.2. The quantitative estimate of drug-likeness (QED) is 0.772. The van der Waals surface area contributed by atoms with E-state index < -0.39 is 5.97 Å². The molecule has 1 aliphatic rings. The number of carbonyl (C=O) groups excluding carboxylic acids is 2. The van der Waals surface area contributed by atoms with Gasteiger partial charge in [0.25, 0.3) is 0 Å². The van der Waals surface area contributed by atoms with Crippen molar-refractivity contribution < 1.29 is 23.5 Å². The fourth-order valence-electron chi connectivity index (χ4n) is 2.48. The Morgan fingerprint density at radius 3 is 2.67 bits per heavy atom. The Bertz CT molecular complexity index is 488. The molecule has 0 atom stereocenters. The topological polar surface area (TPSA) is 69.0 Å². The molecule has 1 saturated heterocycles. The molecule has 0 aliphatic carbocycles. The highest BCUT2D eigenvalue weighted by molar-refractivity contribution is 5.86. The maximum absolute atomic E-state index is 11.7. The summed E-state index contributed by atoms with van der Waals surface area (Å²) in [5, 5.41) is 0. The molecule has 1 aliphatic heterocycles. The summed E-state index contributed by atoms with van der Waals surface area (Å²) in [6.07, 6.45) is 1.59. The van der Waals surface area contributed by atoms with Gasteiger partial charge in [0.05, 0.1) is 26.2 Å². The minimum absolute atomic E-state index is 0.00318. The van der Waals surface area contributed by atoms with Gasteiger partial charge in [-0.05, 0) is 45.0 Å². The molecule has 1 aromatic rings. The molecule has 2 heterocycles. The lowest BCUT2D eigenvalue weighted by Gasteiger charge is -2.30. The Labute approximate surface area is 124 Å². The molecule has 0 aromatic carbocycles. The molecule has 0 amide bonds. The van der Waals surface area contributed by atoms with Gasteiger partial charge in [-0.1, -0.05) is 0 Å². The Morgan fingerprint density at radius 1 is 1.33 bits per heavy atom. The van der Waals surface area contributed by atoms with Crippen LogP contribution in [0, 0.1) is 5.92 Å². The van der Waals surface area contributed by atoms with Crippen molar-refractivity contribution in [2.75, 3.05) is 26.8 Å². The molecule has 116 valence electrons. The number of carbonyl (C=O) groups is 2. The summed E-state index contributed by atoms with van der Waals surface area (Å²) in [7, 11) is 1.32. The molecule has 0 bridgehead atoms. The maximum Gasteiger partial charge on any atom is 0.373 e. The van der Waals surface area contributed by atoms with Crippen LogP contribution in [-0.2, 0) is 20.8 Å². The number of ether oxygens (including phenoxy) is 2. The van der Waals surface area contributed by atoms with Gasteiger partial charge in [0.15, 0.2) is 0 Å². The second-order valence-corrected chi connectivity index (χ2v) is 5.06. The Hall–Kier alpha value is -1.82. The number of furan rings is 1. The molecule has 2 rings (SSSR count). The maximum atomic E-state index is 11.7. The fraction of sp³-hybridized carbons (Fsp3) is 0.600. The zero-order valence-electron chi connectivity index (χ0n) is 12.5. The van der Waals surface area contributed by atoms with E-state index in [2.05, 4.69) is 9.64 Å². The average molecular weight is 295 g/mol. The van der Waals surface area contributed by atoms with E-state index in [1.165, 1.54) is 7.11 Å². The number of piperidine rings is 1. The number of likely N-dealkylation sites (tertiary alicyclic amines) is 1. The van der Waals surface area contributed by atoms with Crippen LogP contribution in [0.25, 0.3) is 0 Å². The van der Waals surface area contributed by atoms with Gasteiger partial charge >= 0.3 is 11.9 Å². The van der Waals surface area contributed by atoms with Crippen LogP contribution < -0.4 is 0 Å². The number of methoxy groups -OCH3 is 1. The van der Waals surface area contributed by atoms with Crippen molar-refractivity contribution in [2.24, 2.45) is 5.92 Å². The molecular formula is C15H21NO5. The summed E-state index contributed by atoms with van der Waals surface area (Å²) in [4.78, 5) is 25.2. The molecular weight excluding hydrogens is 274 g/mol. The van der Waals surface area contributed by atoms with Gasteiger partial charge in [-0.2, -0.15) is 0 Å². The third-order valence-corrected chi connectivity index (χ3v) is 3.64. The van der Waals surface area contributed by atoms with E-state index in [4.69, 9.17) is 9.15 Å². The summed E-state index contributed by atoms with van der Waals surface area (Å²) in [6, 6.07) is 3.40. The number of esters is 2. The molecule has 0 spiro atoms. The molecule has 1 aromatic heterocycles. The third kappa shape index (κ3) is 4.07. The molecule has 21 heavy (non-hydrogen) atoms. The number of nitrogens with zero attached hydrogens (tertiary/aromatic N) is 1. The lowest BCUT2D eigenvalue weighted by Crippen LogP contribution is -2.36. The second kappa shape index (κ2) is 7.26. The van der Waals surface area contributed by atoms with Crippen molar-refractivity contribution in [2.45, 2.75) is 26.3 Å². The molecule has 0 unspecified atom stereocenters. The lowest BCUT2D eigenvalue weighted by molar-refractivity contribution is -0.149. The van der Waals surface area contributed by atoms with Crippen LogP contribution in [0.15, 0.2) is 16.5 Å². The van der Waals surface area contributed by atoms with Crippen LogP contribution in [0.4, 0.5) is 0 Å². The van der Waals surface area contributed by atoms with E-state index >= 15 is 0 Å². The van der Waals surface area contributed by atoms with E-state index in [9.17, 15) is 9.59 Å². The summed E-state index contributed by atoms with van der Waals surface area (Å²) in [5.74, 6) is 0.382. The first-order valence-corrected chi connectivity index (χ1v) is 7.20. The normalized spacial score (nSPS) is 16.7. The van der Waals surface area contributed by atoms with Crippen LogP contribution >= 0.6 is 0 Å². The Kier molecular flexibility index (Phi) is 5.38. The van der Waals surface area contributed by atoms with Crippen molar-refractivity contribution in [1.82, 2.24) is 4.90 Å². The predicted octanol–water partition coefficient (Wildman–Crippen LogP) is 1.84. The van der Waals surface area contributed by atoms with Crippen LogP contribution in [0.5, 0.6) is 0 Å². The van der Waals surface area contributed by atoms with Crippen LogP contribution in [0.2, 0.25) is 0 Å². The smallest absolute Gasteiger partial charge is 0.373 e. The highest BCUT2D eigenvalue weighted by atomic mass is 16.5. The monoisotopic (exact) mass is 295 g/mol. The molecule has 0 saturated carbocycles. The largest absolute Gasteiger partial charge is 0.466 e. The highest BCUT2D eigenvalue weighted by Gasteiger charge is 2.26. The summed E-state index contributed by atoms with van der Waals surface area (Å²) in [6.45, 7) is 4.52. The fourth-order valence-corrected chi connectivity index (χ4v) is 2.48. The van der Waals surface area contributed by atoms with Crippen molar-refractivity contribution in [3.63, 3.8) is 0 Å². The predicted molar refractivity (Wildman–Crippen MR) is 74.7 cm³/mol. The van der Waals surface area contributed by atoms with E-state index in [1.807, 2.05) is 6.92 Å². The first-order valence-electron chi connectivity index (χ1n) is 7.20. The Balaban J connectivity index is 1.82. The van der Waals surface area contributed by atoms with Gasteiger partial charge in [-0.3, -0.25) is 9.69 Å². The van der Waals surface area contributed by atoms with Crippen LogP contribution in [0.3, 0.4) is 0 Å². The number of hydrogen-bond donors (Lipinski definition) is 0. The highest BCUT2D eigenvalue weighted by Crippen LogP contribution is 2.21. The SMILES string of the molecule is CCOC(=O)C1CCN(Cc2ccc(C(=O)OC)o2)CC1. The number of hydrogen-bond acceptors (Lipinski definition) is 6. The van der Waals surface area contributed by atoms with Crippen molar-refractivity contribution in [1.29, 1.82) is 0 Å². The molecule has 1 fully saturated rings. The van der Waals surface area contributed by atoms with Crippen molar-refractivity contribution in [3.05, 3.63) is 23.7 Å². The zero-order valence-corrected chi connectivity index (χ0v) is 12.5. The van der Waals surface area contributed by atoms with Gasteiger partial charge in [-0.25, -0.2) is 4.79 Å². The van der Waals surface area contributed by atoms with Gasteiger partial charge in [0.1, 0.15) is 5.76 Å². The van der Waals surface area contributed by atoms with Crippen molar-refractivity contribution >= 4 is 11.9 Å². The molecule has 0 radical (unpaired) electrons. The average Bonchev–Trinajstić information content (AvgIpc) is 2.96. The first-order chi connectivity index (χ1) is 10.1. The van der Waals surface area contributed by atoms with Gasteiger partial charge in [0.2, 0.25) is 5.76 Å². The summed E-state index contributed by atoms with van der Waals surface area (Å²) < 4.78 is 15.1. The van der Waals surface area contributed by atoms with Gasteiger partial charge in [0, 0.05) is 0 Å². The van der Waals surface area contributed by atoms with E-state index in [-0.39, 0.29) is 17.6 Å². The lowest BCUT2D eigenvalue weighted by atomic mass is 9.97. The molecule has 0 N–H and O–H groups in total. The first kappa shape index (κ1) is 15.6. The molecule has 6 heteroatoms. The minimum atomic E-state index is -0.470. The minimum Gasteiger partial charge on any atom is -0.466 e. The standard InChI is InChI=1S/C15H21NO5/c1-3-20-14(17)11-6-8-16(9-7-11)10-12-4-5-13(21-12)15(18)19-2/h4-5,11H,3,6-10H2,1-2H3. The molecule has 6 nitrogen and oxygen atoms in total. The summed E-state index contributed by atoms with van der Waals surface area (Å²) >= 11 is 0. The number of rotatable bonds is 5. The van der Waals surface area contributed by atoms with E-state index in [0.717, 1.165) is 31.7 Å².